The molecule has 49 heavy (non-hydrogen) atoms. The first-order valence-corrected chi connectivity index (χ1v) is 20.1. The number of pyridine rings is 1. The number of alkyl halides is 3. The van der Waals surface area contributed by atoms with E-state index in [2.05, 4.69) is 50.9 Å². The van der Waals surface area contributed by atoms with E-state index in [4.69, 9.17) is 9.41 Å². The average Bonchev–Trinajstić information content (AvgIpc) is 3.59. The van der Waals surface area contributed by atoms with Gasteiger partial charge in [-0.1, -0.05) is 88.2 Å². The average molecular weight is 691 g/mol. The summed E-state index contributed by atoms with van der Waals surface area (Å²) in [4.78, 5) is 7.78. The molecule has 1 aromatic heterocycles. The molecule has 2 heterocycles. The van der Waals surface area contributed by atoms with Crippen molar-refractivity contribution >= 4 is 8.32 Å². The summed E-state index contributed by atoms with van der Waals surface area (Å²) in [7, 11) is -2.37. The van der Waals surface area contributed by atoms with Gasteiger partial charge in [-0.25, -0.2) is 4.39 Å². The number of fused-ring (bicyclic) bond motifs is 1. The summed E-state index contributed by atoms with van der Waals surface area (Å²) >= 11 is 0. The van der Waals surface area contributed by atoms with Crippen LogP contribution in [0.4, 0.5) is 17.6 Å². The van der Waals surface area contributed by atoms with Crippen LogP contribution in [0.3, 0.4) is 0 Å². The Hall–Kier alpha value is -3.37. The summed E-state index contributed by atoms with van der Waals surface area (Å²) in [5, 5.41) is 12.2. The zero-order valence-corrected chi connectivity index (χ0v) is 29.9. The highest BCUT2D eigenvalue weighted by atomic mass is 28.4. The largest absolute Gasteiger partial charge is 0.416 e. The van der Waals surface area contributed by atoms with E-state index in [1.54, 1.807) is 12.1 Å². The lowest BCUT2D eigenvalue weighted by molar-refractivity contribution is -0.137. The van der Waals surface area contributed by atoms with E-state index in [-0.39, 0.29) is 16.8 Å². The maximum Gasteiger partial charge on any atom is 0.416 e. The molecular formula is C40H46F4N2O2Si. The van der Waals surface area contributed by atoms with Crippen LogP contribution in [0.5, 0.6) is 0 Å². The summed E-state index contributed by atoms with van der Waals surface area (Å²) < 4.78 is 62.3. The molecule has 6 rings (SSSR count). The fourth-order valence-corrected chi connectivity index (χ4v) is 8.34. The molecule has 0 bridgehead atoms. The molecule has 0 radical (unpaired) electrons. The van der Waals surface area contributed by atoms with E-state index in [0.717, 1.165) is 65.9 Å². The molecule has 1 aliphatic carbocycles. The number of aliphatic hydroxyl groups is 1. The Kier molecular flexibility index (Phi) is 9.94. The van der Waals surface area contributed by atoms with Crippen LogP contribution < -0.4 is 0 Å². The van der Waals surface area contributed by atoms with Gasteiger partial charge in [0.15, 0.2) is 8.32 Å². The number of benzene rings is 3. The molecule has 0 saturated heterocycles. The summed E-state index contributed by atoms with van der Waals surface area (Å²) in [6.45, 7) is 12.9. The van der Waals surface area contributed by atoms with Crippen molar-refractivity contribution in [3.05, 3.63) is 124 Å². The molecule has 1 N–H and O–H groups in total. The summed E-state index contributed by atoms with van der Waals surface area (Å²) in [6.07, 6.45) is -2.29. The molecule has 2 atom stereocenters. The Morgan fingerprint density at radius 2 is 1.55 bits per heavy atom. The highest BCUT2D eigenvalue weighted by Gasteiger charge is 2.43. The molecule has 0 spiro atoms. The highest BCUT2D eigenvalue weighted by molar-refractivity contribution is 6.74. The summed E-state index contributed by atoms with van der Waals surface area (Å²) in [6, 6.07) is 21.3. The maximum absolute atomic E-state index is 14.4. The van der Waals surface area contributed by atoms with Gasteiger partial charge in [0.25, 0.3) is 0 Å². The van der Waals surface area contributed by atoms with Gasteiger partial charge in [-0.05, 0) is 77.5 Å². The standard InChI is InChI=1S/C40H46F4N2O2Si/c1-39(2,3)49(4,5)48-33-25-46(23-26-11-7-6-8-12-26)24-32-35(33)34(27-17-21-31(41)22-18-27)36(37(45-32)28-13-9-10-14-28)38(47)29-15-19-30(20-16-29)40(42,43)44/h6-8,11-12,15-22,28,33,38,47H,9-10,13-14,23-25H2,1-5H3. The minimum atomic E-state index is -4.49. The third kappa shape index (κ3) is 7.55. The van der Waals surface area contributed by atoms with Gasteiger partial charge in [0.05, 0.1) is 23.1 Å². The van der Waals surface area contributed by atoms with Gasteiger partial charge in [0, 0.05) is 36.7 Å². The van der Waals surface area contributed by atoms with Crippen molar-refractivity contribution in [3.63, 3.8) is 0 Å². The first-order chi connectivity index (χ1) is 23.1. The number of halogens is 4. The van der Waals surface area contributed by atoms with Crippen molar-refractivity contribution in [2.75, 3.05) is 6.54 Å². The molecule has 9 heteroatoms. The zero-order valence-electron chi connectivity index (χ0n) is 28.9. The lowest BCUT2D eigenvalue weighted by Gasteiger charge is -2.44. The summed E-state index contributed by atoms with van der Waals surface area (Å²) in [5.74, 6) is -0.302. The van der Waals surface area contributed by atoms with Gasteiger partial charge >= 0.3 is 6.18 Å². The predicted molar refractivity (Wildman–Crippen MR) is 188 cm³/mol. The fourth-order valence-electron chi connectivity index (χ4n) is 7.08. The monoisotopic (exact) mass is 690 g/mol. The van der Waals surface area contributed by atoms with Crippen molar-refractivity contribution in [3.8, 4) is 11.1 Å². The van der Waals surface area contributed by atoms with Crippen LogP contribution >= 0.6 is 0 Å². The quantitative estimate of drug-likeness (QED) is 0.148. The number of hydrogen-bond donors (Lipinski definition) is 1. The van der Waals surface area contributed by atoms with Crippen molar-refractivity contribution in [1.29, 1.82) is 0 Å². The van der Waals surface area contributed by atoms with Crippen LogP contribution in [0.25, 0.3) is 11.1 Å². The topological polar surface area (TPSA) is 45.6 Å². The molecule has 3 aromatic carbocycles. The molecule has 1 fully saturated rings. The van der Waals surface area contributed by atoms with E-state index < -0.39 is 32.3 Å². The van der Waals surface area contributed by atoms with Crippen molar-refractivity contribution in [2.45, 2.75) is 102 Å². The van der Waals surface area contributed by atoms with Gasteiger partial charge in [0.2, 0.25) is 0 Å². The zero-order chi connectivity index (χ0) is 35.1. The fraction of sp³-hybridized carbons (Fsp3) is 0.425. The highest BCUT2D eigenvalue weighted by Crippen LogP contribution is 2.49. The van der Waals surface area contributed by atoms with Crippen LogP contribution in [0, 0.1) is 5.82 Å². The molecule has 4 nitrogen and oxygen atoms in total. The first kappa shape index (κ1) is 35.5. The molecular weight excluding hydrogens is 645 g/mol. The van der Waals surface area contributed by atoms with Crippen LogP contribution in [-0.4, -0.2) is 29.9 Å². The van der Waals surface area contributed by atoms with Crippen molar-refractivity contribution in [2.24, 2.45) is 0 Å². The second-order valence-corrected chi connectivity index (χ2v) is 19.9. The number of rotatable bonds is 8. The van der Waals surface area contributed by atoms with E-state index in [9.17, 15) is 22.7 Å². The second kappa shape index (κ2) is 13.7. The third-order valence-corrected chi connectivity index (χ3v) is 15.2. The van der Waals surface area contributed by atoms with Crippen LogP contribution in [0.2, 0.25) is 18.1 Å². The smallest absolute Gasteiger partial charge is 0.409 e. The van der Waals surface area contributed by atoms with E-state index in [1.165, 1.54) is 29.8 Å². The lowest BCUT2D eigenvalue weighted by Crippen LogP contribution is -2.46. The van der Waals surface area contributed by atoms with Gasteiger partial charge in [-0.15, -0.1) is 0 Å². The van der Waals surface area contributed by atoms with Gasteiger partial charge in [-0.3, -0.25) is 9.88 Å². The normalized spacial score (nSPS) is 18.4. The minimum absolute atomic E-state index is 0.0767. The lowest BCUT2D eigenvalue weighted by atomic mass is 9.81. The third-order valence-electron chi connectivity index (χ3n) is 10.7. The molecule has 4 aromatic rings. The Labute approximate surface area is 288 Å². The number of aliphatic hydroxyl groups excluding tert-OH is 1. The van der Waals surface area contributed by atoms with Crippen LogP contribution in [0.1, 0.15) is 104 Å². The van der Waals surface area contributed by atoms with E-state index in [1.807, 2.05) is 18.2 Å². The van der Waals surface area contributed by atoms with Crippen LogP contribution in [-0.2, 0) is 23.7 Å². The Morgan fingerprint density at radius 3 is 2.14 bits per heavy atom. The van der Waals surface area contributed by atoms with Crippen molar-refractivity contribution < 1.29 is 27.1 Å². The number of hydrogen-bond acceptors (Lipinski definition) is 4. The second-order valence-electron chi connectivity index (χ2n) is 15.2. The van der Waals surface area contributed by atoms with Gasteiger partial charge in [-0.2, -0.15) is 13.2 Å². The number of aromatic nitrogens is 1. The van der Waals surface area contributed by atoms with Crippen LogP contribution in [0.15, 0.2) is 78.9 Å². The van der Waals surface area contributed by atoms with E-state index in [0.29, 0.717) is 30.8 Å². The Morgan fingerprint density at radius 1 is 0.918 bits per heavy atom. The SMILES string of the molecule is CC(C)(C)[Si](C)(C)OC1CN(Cc2ccccc2)Cc2nc(C3CCCC3)c(C(O)c3ccc(C(F)(F)F)cc3)c(-c3ccc(F)cc3)c21. The Balaban J connectivity index is 1.60. The predicted octanol–water partition coefficient (Wildman–Crippen LogP) is 10.7. The van der Waals surface area contributed by atoms with Crippen molar-refractivity contribution in [1.82, 2.24) is 9.88 Å². The molecule has 2 unspecified atom stereocenters. The minimum Gasteiger partial charge on any atom is -0.409 e. The first-order valence-electron chi connectivity index (χ1n) is 17.2. The molecule has 1 saturated carbocycles. The maximum atomic E-state index is 14.4. The van der Waals surface area contributed by atoms with E-state index >= 15 is 0 Å². The summed E-state index contributed by atoms with van der Waals surface area (Å²) in [5.41, 5.74) is 5.33. The van der Waals surface area contributed by atoms with Gasteiger partial charge < -0.3 is 9.53 Å². The molecule has 2 aliphatic rings. The Bertz CT molecular complexity index is 1750. The van der Waals surface area contributed by atoms with Gasteiger partial charge in [0.1, 0.15) is 11.9 Å². The molecule has 1 aliphatic heterocycles. The molecule has 260 valence electrons. The number of nitrogens with zero attached hydrogens (tertiary/aromatic N) is 2. The molecule has 0 amide bonds.